The summed E-state index contributed by atoms with van der Waals surface area (Å²) in [5, 5.41) is 19.0. The molecule has 0 unspecified atom stereocenters. The van der Waals surface area contributed by atoms with Crippen LogP contribution in [0.4, 0.5) is 10.1 Å². The van der Waals surface area contributed by atoms with Crippen LogP contribution in [0.25, 0.3) is 22.2 Å². The first-order valence-corrected chi connectivity index (χ1v) is 11.3. The molecule has 11 heteroatoms. The van der Waals surface area contributed by atoms with Crippen LogP contribution in [0.3, 0.4) is 0 Å². The third-order valence-corrected chi connectivity index (χ3v) is 5.85. The average molecular weight is 490 g/mol. The zero-order chi connectivity index (χ0) is 25.1. The van der Waals surface area contributed by atoms with Crippen LogP contribution in [0.2, 0.25) is 0 Å². The maximum absolute atomic E-state index is 15.0. The summed E-state index contributed by atoms with van der Waals surface area (Å²) in [5.41, 5.74) is 8.38. The van der Waals surface area contributed by atoms with Gasteiger partial charge in [-0.05, 0) is 30.3 Å². The Hall–Kier alpha value is -4.38. The van der Waals surface area contributed by atoms with Crippen molar-refractivity contribution >= 4 is 22.5 Å². The number of hydrogen-bond acceptors (Lipinski definition) is 9. The minimum atomic E-state index is -0.626. The zero-order valence-electron chi connectivity index (χ0n) is 19.2. The number of amides is 1. The Morgan fingerprint density at radius 3 is 2.69 bits per heavy atom. The molecule has 3 N–H and O–H groups in total. The van der Waals surface area contributed by atoms with Crippen molar-refractivity contribution in [3.8, 4) is 22.9 Å². The number of rotatable bonds is 7. The highest BCUT2D eigenvalue weighted by atomic mass is 19.1. The predicted molar refractivity (Wildman–Crippen MR) is 129 cm³/mol. The standard InChI is InChI=1S/C25H23FN6O4/c26-20-12-22(33)15(9-16-1-4-24(31-30-16)36-13-23(27)34)10-19(20)25-18-3-2-17(11-21(18)28-14-29-25)32-5-7-35-8-6-32/h1-4,10-12,14,33H,5-9,13H2,(H2,27,34). The van der Waals surface area contributed by atoms with Crippen molar-refractivity contribution < 1.29 is 23.8 Å². The summed E-state index contributed by atoms with van der Waals surface area (Å²) in [6, 6.07) is 11.6. The van der Waals surface area contributed by atoms with E-state index in [2.05, 4.69) is 25.1 Å². The van der Waals surface area contributed by atoms with Gasteiger partial charge < -0.3 is 25.2 Å². The molecule has 0 aliphatic carbocycles. The number of benzene rings is 2. The van der Waals surface area contributed by atoms with Crippen LogP contribution in [-0.4, -0.2) is 64.1 Å². The number of fused-ring (bicyclic) bond motifs is 1. The van der Waals surface area contributed by atoms with Gasteiger partial charge in [-0.25, -0.2) is 14.4 Å². The Morgan fingerprint density at radius 2 is 1.94 bits per heavy atom. The van der Waals surface area contributed by atoms with Gasteiger partial charge in [0.2, 0.25) is 5.88 Å². The summed E-state index contributed by atoms with van der Waals surface area (Å²) in [6.07, 6.45) is 1.59. The molecule has 2 aromatic heterocycles. The van der Waals surface area contributed by atoms with Crippen LogP contribution in [-0.2, 0) is 16.0 Å². The van der Waals surface area contributed by atoms with Crippen LogP contribution in [0, 0.1) is 5.82 Å². The van der Waals surface area contributed by atoms with Crippen molar-refractivity contribution in [3.05, 3.63) is 65.9 Å². The molecule has 0 spiro atoms. The molecular formula is C25H23FN6O4. The first-order valence-electron chi connectivity index (χ1n) is 11.3. The summed E-state index contributed by atoms with van der Waals surface area (Å²) in [6.45, 7) is 2.61. The smallest absolute Gasteiger partial charge is 0.255 e. The lowest BCUT2D eigenvalue weighted by Gasteiger charge is -2.29. The fourth-order valence-corrected chi connectivity index (χ4v) is 4.07. The number of nitrogens with two attached hydrogens (primary N) is 1. The molecule has 0 atom stereocenters. The molecule has 5 rings (SSSR count). The van der Waals surface area contributed by atoms with Crippen LogP contribution in [0.1, 0.15) is 11.3 Å². The van der Waals surface area contributed by atoms with E-state index in [1.807, 2.05) is 18.2 Å². The van der Waals surface area contributed by atoms with E-state index in [1.54, 1.807) is 12.1 Å². The largest absolute Gasteiger partial charge is 0.508 e. The fourth-order valence-electron chi connectivity index (χ4n) is 4.07. The molecule has 1 amide bonds. The van der Waals surface area contributed by atoms with Crippen molar-refractivity contribution in [1.82, 2.24) is 20.2 Å². The second-order valence-corrected chi connectivity index (χ2v) is 8.28. The molecule has 0 radical (unpaired) electrons. The highest BCUT2D eigenvalue weighted by molar-refractivity contribution is 5.94. The summed E-state index contributed by atoms with van der Waals surface area (Å²) in [5.74, 6) is -1.29. The fraction of sp³-hybridized carbons (Fsp3) is 0.240. The normalized spacial score (nSPS) is 13.6. The molecule has 1 aliphatic heterocycles. The Bertz CT molecular complexity index is 1410. The number of carbonyl (C=O) groups excluding carboxylic acids is 1. The predicted octanol–water partition coefficient (Wildman–Crippen LogP) is 2.22. The lowest BCUT2D eigenvalue weighted by atomic mass is 10.00. The van der Waals surface area contributed by atoms with E-state index in [0.717, 1.165) is 24.8 Å². The Morgan fingerprint density at radius 1 is 1.11 bits per heavy atom. The Kier molecular flexibility index (Phi) is 6.54. The zero-order valence-corrected chi connectivity index (χ0v) is 19.2. The van der Waals surface area contributed by atoms with E-state index in [-0.39, 0.29) is 30.2 Å². The van der Waals surface area contributed by atoms with E-state index >= 15 is 4.39 Å². The van der Waals surface area contributed by atoms with Gasteiger partial charge in [0.1, 0.15) is 17.9 Å². The molecule has 3 heterocycles. The minimum absolute atomic E-state index is 0.144. The third kappa shape index (κ3) is 5.01. The number of morpholine rings is 1. The van der Waals surface area contributed by atoms with E-state index in [0.29, 0.717) is 41.1 Å². The highest BCUT2D eigenvalue weighted by Gasteiger charge is 2.18. The molecule has 1 fully saturated rings. The SMILES string of the molecule is NC(=O)COc1ccc(Cc2cc(-c3ncnc4cc(N5CCOCC5)ccc34)c(F)cc2O)nn1. The number of ether oxygens (including phenoxy) is 2. The van der Waals surface area contributed by atoms with Gasteiger partial charge in [-0.2, -0.15) is 5.10 Å². The lowest BCUT2D eigenvalue weighted by molar-refractivity contribution is -0.120. The molecule has 10 nitrogen and oxygen atoms in total. The quantitative estimate of drug-likeness (QED) is 0.399. The van der Waals surface area contributed by atoms with Crippen LogP contribution < -0.4 is 15.4 Å². The lowest BCUT2D eigenvalue weighted by Crippen LogP contribution is -2.36. The van der Waals surface area contributed by atoms with Gasteiger partial charge in [0.25, 0.3) is 5.91 Å². The number of anilines is 1. The van der Waals surface area contributed by atoms with Gasteiger partial charge in [0.15, 0.2) is 6.61 Å². The molecule has 36 heavy (non-hydrogen) atoms. The van der Waals surface area contributed by atoms with E-state index in [1.165, 1.54) is 12.4 Å². The molecular weight excluding hydrogens is 467 g/mol. The summed E-state index contributed by atoms with van der Waals surface area (Å²) < 4.78 is 25.6. The maximum atomic E-state index is 15.0. The maximum Gasteiger partial charge on any atom is 0.255 e. The summed E-state index contributed by atoms with van der Waals surface area (Å²) in [4.78, 5) is 21.8. The van der Waals surface area contributed by atoms with E-state index in [4.69, 9.17) is 15.2 Å². The number of phenolic OH excluding ortho intramolecular Hbond substituents is 1. The van der Waals surface area contributed by atoms with Crippen LogP contribution in [0.5, 0.6) is 11.6 Å². The molecule has 184 valence electrons. The average Bonchev–Trinajstić information content (AvgIpc) is 2.89. The molecule has 1 aliphatic rings. The first kappa shape index (κ1) is 23.4. The molecule has 0 saturated carbocycles. The van der Waals surface area contributed by atoms with Crippen molar-refractivity contribution in [2.75, 3.05) is 37.8 Å². The van der Waals surface area contributed by atoms with Crippen molar-refractivity contribution in [1.29, 1.82) is 0 Å². The van der Waals surface area contributed by atoms with Crippen LogP contribution >= 0.6 is 0 Å². The van der Waals surface area contributed by atoms with Gasteiger partial charge in [-0.1, -0.05) is 0 Å². The summed E-state index contributed by atoms with van der Waals surface area (Å²) >= 11 is 0. The van der Waals surface area contributed by atoms with Gasteiger partial charge in [-0.3, -0.25) is 4.79 Å². The van der Waals surface area contributed by atoms with Crippen LogP contribution in [0.15, 0.2) is 48.8 Å². The van der Waals surface area contributed by atoms with Crippen molar-refractivity contribution in [2.45, 2.75) is 6.42 Å². The van der Waals surface area contributed by atoms with Gasteiger partial charge >= 0.3 is 0 Å². The Balaban J connectivity index is 1.44. The van der Waals surface area contributed by atoms with Gasteiger partial charge in [-0.15, -0.1) is 5.10 Å². The highest BCUT2D eigenvalue weighted by Crippen LogP contribution is 2.34. The number of aromatic hydroxyl groups is 1. The first-order chi connectivity index (χ1) is 17.5. The molecule has 1 saturated heterocycles. The monoisotopic (exact) mass is 490 g/mol. The number of hydrogen-bond donors (Lipinski definition) is 2. The number of primary amides is 1. The van der Waals surface area contributed by atoms with Gasteiger partial charge in [0.05, 0.1) is 30.1 Å². The number of phenols is 1. The molecule has 0 bridgehead atoms. The number of halogens is 1. The second-order valence-electron chi connectivity index (χ2n) is 8.28. The Labute approximate surface area is 205 Å². The topological polar surface area (TPSA) is 137 Å². The third-order valence-electron chi connectivity index (χ3n) is 5.85. The molecule has 2 aromatic carbocycles. The van der Waals surface area contributed by atoms with Crippen molar-refractivity contribution in [3.63, 3.8) is 0 Å². The number of carbonyl (C=O) groups is 1. The summed E-state index contributed by atoms with van der Waals surface area (Å²) in [7, 11) is 0. The van der Waals surface area contributed by atoms with Gasteiger partial charge in [0, 0.05) is 53.8 Å². The van der Waals surface area contributed by atoms with E-state index in [9.17, 15) is 9.90 Å². The second kappa shape index (κ2) is 10.1. The number of nitrogens with zero attached hydrogens (tertiary/aromatic N) is 5. The minimum Gasteiger partial charge on any atom is -0.508 e. The van der Waals surface area contributed by atoms with Crippen molar-refractivity contribution in [2.24, 2.45) is 5.73 Å². The molecule has 4 aromatic rings. The van der Waals surface area contributed by atoms with E-state index < -0.39 is 11.7 Å². The number of aromatic nitrogens is 4.